The molecule has 0 bridgehead atoms. The normalized spacial score (nSPS) is 18.2. The molecular formula is C15H21NO2. The lowest BCUT2D eigenvalue weighted by atomic mass is 9.92. The van der Waals surface area contributed by atoms with Gasteiger partial charge in [0.05, 0.1) is 5.92 Å². The van der Waals surface area contributed by atoms with Crippen molar-refractivity contribution in [2.24, 2.45) is 5.92 Å². The van der Waals surface area contributed by atoms with Gasteiger partial charge >= 0.3 is 0 Å². The summed E-state index contributed by atoms with van der Waals surface area (Å²) in [6, 6.07) is 6.31. The van der Waals surface area contributed by atoms with E-state index in [1.54, 1.807) is 19.0 Å². The number of benzene rings is 1. The monoisotopic (exact) mass is 247 g/mol. The van der Waals surface area contributed by atoms with E-state index < -0.39 is 0 Å². The van der Waals surface area contributed by atoms with E-state index in [0.717, 1.165) is 17.7 Å². The SMILES string of the molecule is CC(C)c1ccc2c(c1)C[C@@H](C(=O)N(C)C)CO2. The summed E-state index contributed by atoms with van der Waals surface area (Å²) in [6.45, 7) is 4.84. The molecule has 18 heavy (non-hydrogen) atoms. The Kier molecular flexibility index (Phi) is 3.60. The first-order valence-electron chi connectivity index (χ1n) is 6.46. The number of fused-ring (bicyclic) bond motifs is 1. The molecule has 0 aliphatic carbocycles. The number of rotatable bonds is 2. The minimum absolute atomic E-state index is 0.0464. The molecule has 0 fully saturated rings. The Hall–Kier alpha value is -1.51. The molecule has 3 nitrogen and oxygen atoms in total. The first-order valence-corrected chi connectivity index (χ1v) is 6.46. The Balaban J connectivity index is 2.22. The van der Waals surface area contributed by atoms with Crippen molar-refractivity contribution in [1.82, 2.24) is 4.90 Å². The highest BCUT2D eigenvalue weighted by molar-refractivity contribution is 5.79. The zero-order valence-electron chi connectivity index (χ0n) is 11.6. The first-order chi connectivity index (χ1) is 8.49. The molecule has 0 saturated carbocycles. The molecule has 1 aliphatic rings. The van der Waals surface area contributed by atoms with E-state index in [2.05, 4.69) is 26.0 Å². The first kappa shape index (κ1) is 12.9. The average molecular weight is 247 g/mol. The highest BCUT2D eigenvalue weighted by Gasteiger charge is 2.27. The number of hydrogen-bond acceptors (Lipinski definition) is 2. The Morgan fingerprint density at radius 1 is 1.39 bits per heavy atom. The van der Waals surface area contributed by atoms with E-state index in [1.807, 2.05) is 6.07 Å². The van der Waals surface area contributed by atoms with E-state index in [-0.39, 0.29) is 11.8 Å². The highest BCUT2D eigenvalue weighted by atomic mass is 16.5. The van der Waals surface area contributed by atoms with Crippen molar-refractivity contribution in [1.29, 1.82) is 0 Å². The van der Waals surface area contributed by atoms with Gasteiger partial charge in [-0.25, -0.2) is 0 Å². The van der Waals surface area contributed by atoms with Crippen LogP contribution in [0.2, 0.25) is 0 Å². The van der Waals surface area contributed by atoms with Crippen LogP contribution in [-0.2, 0) is 11.2 Å². The van der Waals surface area contributed by atoms with Gasteiger partial charge < -0.3 is 9.64 Å². The summed E-state index contributed by atoms with van der Waals surface area (Å²) in [5.41, 5.74) is 2.46. The summed E-state index contributed by atoms with van der Waals surface area (Å²) in [5.74, 6) is 1.54. The van der Waals surface area contributed by atoms with Gasteiger partial charge in [-0.1, -0.05) is 26.0 Å². The van der Waals surface area contributed by atoms with E-state index in [4.69, 9.17) is 4.74 Å². The summed E-state index contributed by atoms with van der Waals surface area (Å²) in [6.07, 6.45) is 0.785. The fourth-order valence-electron chi connectivity index (χ4n) is 2.30. The number of carbonyl (C=O) groups excluding carboxylic acids is 1. The molecule has 0 saturated heterocycles. The molecule has 1 aromatic carbocycles. The zero-order chi connectivity index (χ0) is 13.3. The molecule has 1 amide bonds. The number of ether oxygens (including phenoxy) is 1. The maximum absolute atomic E-state index is 12.0. The molecule has 98 valence electrons. The smallest absolute Gasteiger partial charge is 0.228 e. The zero-order valence-corrected chi connectivity index (χ0v) is 11.6. The van der Waals surface area contributed by atoms with Gasteiger partial charge in [0.2, 0.25) is 5.91 Å². The van der Waals surface area contributed by atoms with Crippen molar-refractivity contribution in [2.45, 2.75) is 26.2 Å². The lowest BCUT2D eigenvalue weighted by Crippen LogP contribution is -2.36. The van der Waals surface area contributed by atoms with E-state index in [0.29, 0.717) is 12.5 Å². The molecule has 0 spiro atoms. The van der Waals surface area contributed by atoms with Crippen LogP contribution < -0.4 is 4.74 Å². The molecular weight excluding hydrogens is 226 g/mol. The van der Waals surface area contributed by atoms with E-state index in [9.17, 15) is 4.79 Å². The van der Waals surface area contributed by atoms with Gasteiger partial charge in [0.15, 0.2) is 0 Å². The average Bonchev–Trinajstić information content (AvgIpc) is 2.36. The summed E-state index contributed by atoms with van der Waals surface area (Å²) in [7, 11) is 3.59. The second kappa shape index (κ2) is 5.01. The predicted octanol–water partition coefficient (Wildman–Crippen LogP) is 2.45. The van der Waals surface area contributed by atoms with Crippen LogP contribution in [-0.4, -0.2) is 31.5 Å². The maximum atomic E-state index is 12.0. The molecule has 3 heteroatoms. The van der Waals surface area contributed by atoms with Crippen molar-refractivity contribution in [3.8, 4) is 5.75 Å². The molecule has 1 heterocycles. The van der Waals surface area contributed by atoms with Crippen molar-refractivity contribution < 1.29 is 9.53 Å². The number of amides is 1. The quantitative estimate of drug-likeness (QED) is 0.803. The lowest BCUT2D eigenvalue weighted by molar-refractivity contribution is -0.134. The van der Waals surface area contributed by atoms with Crippen LogP contribution >= 0.6 is 0 Å². The Bertz CT molecular complexity index is 452. The fraction of sp³-hybridized carbons (Fsp3) is 0.533. The summed E-state index contributed by atoms with van der Waals surface area (Å²) in [4.78, 5) is 13.6. The highest BCUT2D eigenvalue weighted by Crippen LogP contribution is 2.30. The second-order valence-electron chi connectivity index (χ2n) is 5.47. The van der Waals surface area contributed by atoms with Crippen LogP contribution in [0, 0.1) is 5.92 Å². The molecule has 2 rings (SSSR count). The molecule has 0 unspecified atom stereocenters. The summed E-state index contributed by atoms with van der Waals surface area (Å²) < 4.78 is 5.69. The topological polar surface area (TPSA) is 29.5 Å². The van der Waals surface area contributed by atoms with Crippen LogP contribution in [0.4, 0.5) is 0 Å². The number of carbonyl (C=O) groups is 1. The lowest BCUT2D eigenvalue weighted by Gasteiger charge is -2.27. The molecule has 0 N–H and O–H groups in total. The van der Waals surface area contributed by atoms with Crippen LogP contribution in [0.3, 0.4) is 0 Å². The Morgan fingerprint density at radius 3 is 2.72 bits per heavy atom. The van der Waals surface area contributed by atoms with Gasteiger partial charge in [0, 0.05) is 14.1 Å². The Labute approximate surface area is 109 Å². The van der Waals surface area contributed by atoms with Gasteiger partial charge in [0.1, 0.15) is 12.4 Å². The van der Waals surface area contributed by atoms with Gasteiger partial charge in [-0.15, -0.1) is 0 Å². The third-order valence-electron chi connectivity index (χ3n) is 3.45. The largest absolute Gasteiger partial charge is 0.492 e. The molecule has 1 aromatic rings. The van der Waals surface area contributed by atoms with Crippen LogP contribution in [0.25, 0.3) is 0 Å². The minimum Gasteiger partial charge on any atom is -0.492 e. The second-order valence-corrected chi connectivity index (χ2v) is 5.47. The Morgan fingerprint density at radius 2 is 2.11 bits per heavy atom. The van der Waals surface area contributed by atoms with Crippen LogP contribution in [0.5, 0.6) is 5.75 Å². The molecule has 1 atom stereocenters. The van der Waals surface area contributed by atoms with Gasteiger partial charge in [-0.3, -0.25) is 4.79 Å². The van der Waals surface area contributed by atoms with Crippen molar-refractivity contribution in [2.75, 3.05) is 20.7 Å². The van der Waals surface area contributed by atoms with Crippen molar-refractivity contribution >= 4 is 5.91 Å². The van der Waals surface area contributed by atoms with Crippen molar-refractivity contribution in [3.63, 3.8) is 0 Å². The molecule has 0 radical (unpaired) electrons. The van der Waals surface area contributed by atoms with Crippen molar-refractivity contribution in [3.05, 3.63) is 29.3 Å². The third-order valence-corrected chi connectivity index (χ3v) is 3.45. The molecule has 0 aromatic heterocycles. The number of nitrogens with zero attached hydrogens (tertiary/aromatic N) is 1. The van der Waals surface area contributed by atoms with Gasteiger partial charge in [-0.2, -0.15) is 0 Å². The van der Waals surface area contributed by atoms with Crippen LogP contribution in [0.1, 0.15) is 30.9 Å². The third kappa shape index (κ3) is 2.50. The fourth-order valence-corrected chi connectivity index (χ4v) is 2.30. The van der Waals surface area contributed by atoms with Crippen LogP contribution in [0.15, 0.2) is 18.2 Å². The molecule has 1 aliphatic heterocycles. The van der Waals surface area contributed by atoms with Gasteiger partial charge in [-0.05, 0) is 29.5 Å². The summed E-state index contributed by atoms with van der Waals surface area (Å²) in [5, 5.41) is 0. The minimum atomic E-state index is -0.0464. The van der Waals surface area contributed by atoms with E-state index >= 15 is 0 Å². The predicted molar refractivity (Wildman–Crippen MR) is 71.9 cm³/mol. The maximum Gasteiger partial charge on any atom is 0.228 e. The van der Waals surface area contributed by atoms with E-state index in [1.165, 1.54) is 5.56 Å². The number of hydrogen-bond donors (Lipinski definition) is 0. The summed E-state index contributed by atoms with van der Waals surface area (Å²) >= 11 is 0. The van der Waals surface area contributed by atoms with Gasteiger partial charge in [0.25, 0.3) is 0 Å². The standard InChI is InChI=1S/C15H21NO2/c1-10(2)11-5-6-14-12(7-11)8-13(9-18-14)15(17)16(3)4/h5-7,10,13H,8-9H2,1-4H3/t13-/m1/s1.